The van der Waals surface area contributed by atoms with Crippen LogP contribution in [0.15, 0.2) is 94.5 Å². The number of hydrogen-bond acceptors (Lipinski definition) is 6. The van der Waals surface area contributed by atoms with Crippen LogP contribution in [-0.4, -0.2) is 35.7 Å². The predicted octanol–water partition coefficient (Wildman–Crippen LogP) is 3.25. The molecular formula is C27H26N4O5. The summed E-state index contributed by atoms with van der Waals surface area (Å²) in [6.45, 7) is 0.306. The Morgan fingerprint density at radius 2 is 1.61 bits per heavy atom. The lowest BCUT2D eigenvalue weighted by Crippen LogP contribution is -2.42. The van der Waals surface area contributed by atoms with Crippen LogP contribution < -0.4 is 26.6 Å². The van der Waals surface area contributed by atoms with Crippen molar-refractivity contribution in [3.8, 4) is 11.5 Å². The molecule has 9 nitrogen and oxygen atoms in total. The number of carbonyl (C=O) groups excluding carboxylic acids is 1. The Balaban J connectivity index is 1.72. The second-order valence-corrected chi connectivity index (χ2v) is 7.96. The highest BCUT2D eigenvalue weighted by atomic mass is 16.5. The van der Waals surface area contributed by atoms with Gasteiger partial charge in [0, 0.05) is 19.2 Å². The fourth-order valence-electron chi connectivity index (χ4n) is 3.73. The number of nitrogens with zero attached hydrogens (tertiary/aromatic N) is 2. The molecule has 0 aliphatic rings. The maximum Gasteiger partial charge on any atom is 0.330 e. The molecular weight excluding hydrogens is 460 g/mol. The average Bonchev–Trinajstić information content (AvgIpc) is 2.89. The van der Waals surface area contributed by atoms with Crippen molar-refractivity contribution < 1.29 is 14.3 Å². The Hall–Kier alpha value is -4.63. The molecule has 3 aromatic carbocycles. The van der Waals surface area contributed by atoms with Crippen molar-refractivity contribution in [3.63, 3.8) is 0 Å². The van der Waals surface area contributed by atoms with E-state index in [1.54, 1.807) is 36.4 Å². The van der Waals surface area contributed by atoms with Crippen LogP contribution in [0.5, 0.6) is 11.5 Å². The molecule has 0 saturated carbocycles. The lowest BCUT2D eigenvalue weighted by Gasteiger charge is -2.24. The number of carbonyl (C=O) groups is 1. The van der Waals surface area contributed by atoms with Gasteiger partial charge in [0.2, 0.25) is 0 Å². The third-order valence-corrected chi connectivity index (χ3v) is 5.49. The molecule has 184 valence electrons. The fourth-order valence-corrected chi connectivity index (χ4v) is 3.73. The van der Waals surface area contributed by atoms with E-state index in [4.69, 9.17) is 15.2 Å². The topological polar surface area (TPSA) is 120 Å². The molecule has 0 unspecified atom stereocenters. The zero-order chi connectivity index (χ0) is 25.5. The van der Waals surface area contributed by atoms with Crippen LogP contribution in [-0.2, 0) is 11.3 Å². The quantitative estimate of drug-likeness (QED) is 0.375. The molecule has 3 N–H and O–H groups in total. The summed E-state index contributed by atoms with van der Waals surface area (Å²) in [6, 6.07) is 25.0. The van der Waals surface area contributed by atoms with Crippen molar-refractivity contribution >= 4 is 17.4 Å². The first kappa shape index (κ1) is 24.5. The molecule has 0 aliphatic carbocycles. The molecule has 0 fully saturated rings. The smallest absolute Gasteiger partial charge is 0.330 e. The van der Waals surface area contributed by atoms with E-state index in [1.165, 1.54) is 16.6 Å². The largest absolute Gasteiger partial charge is 0.457 e. The van der Waals surface area contributed by atoms with Gasteiger partial charge in [-0.2, -0.15) is 0 Å². The number of anilines is 2. The van der Waals surface area contributed by atoms with Crippen LogP contribution in [0, 0.1) is 0 Å². The van der Waals surface area contributed by atoms with Crippen LogP contribution in [0.25, 0.3) is 0 Å². The van der Waals surface area contributed by atoms with Gasteiger partial charge in [-0.05, 0) is 35.9 Å². The predicted molar refractivity (Wildman–Crippen MR) is 138 cm³/mol. The van der Waals surface area contributed by atoms with Crippen molar-refractivity contribution in [2.45, 2.75) is 6.54 Å². The zero-order valence-electron chi connectivity index (χ0n) is 19.7. The van der Waals surface area contributed by atoms with Crippen molar-refractivity contribution in [3.05, 3.63) is 117 Å². The highest BCUT2D eigenvalue weighted by Gasteiger charge is 2.25. The normalized spacial score (nSPS) is 10.7. The van der Waals surface area contributed by atoms with E-state index in [0.29, 0.717) is 11.5 Å². The van der Waals surface area contributed by atoms with E-state index < -0.39 is 17.2 Å². The molecule has 1 heterocycles. The van der Waals surface area contributed by atoms with Crippen LogP contribution >= 0.6 is 0 Å². The lowest BCUT2D eigenvalue weighted by molar-refractivity contribution is 0.0975. The number of methoxy groups -OCH3 is 1. The zero-order valence-corrected chi connectivity index (χ0v) is 19.7. The van der Waals surface area contributed by atoms with Gasteiger partial charge < -0.3 is 15.2 Å². The highest BCUT2D eigenvalue weighted by molar-refractivity contribution is 6.07. The number of amides is 1. The number of benzene rings is 3. The highest BCUT2D eigenvalue weighted by Crippen LogP contribution is 2.25. The summed E-state index contributed by atoms with van der Waals surface area (Å²) in [4.78, 5) is 42.6. The van der Waals surface area contributed by atoms with Crippen molar-refractivity contribution in [2.24, 2.45) is 0 Å². The van der Waals surface area contributed by atoms with Crippen molar-refractivity contribution in [1.29, 1.82) is 0 Å². The second-order valence-electron chi connectivity index (χ2n) is 7.96. The molecule has 4 aromatic rings. The Labute approximate surface area is 207 Å². The first-order valence-electron chi connectivity index (χ1n) is 11.3. The molecule has 36 heavy (non-hydrogen) atoms. The van der Waals surface area contributed by atoms with Crippen LogP contribution in [0.4, 0.5) is 11.5 Å². The van der Waals surface area contributed by atoms with Crippen LogP contribution in [0.2, 0.25) is 0 Å². The maximum absolute atomic E-state index is 13.6. The Morgan fingerprint density at radius 3 is 2.31 bits per heavy atom. The summed E-state index contributed by atoms with van der Waals surface area (Å²) in [7, 11) is 1.49. The van der Waals surface area contributed by atoms with Crippen LogP contribution in [0.3, 0.4) is 0 Å². The van der Waals surface area contributed by atoms with E-state index in [1.807, 2.05) is 48.5 Å². The van der Waals surface area contributed by atoms with Crippen molar-refractivity contribution in [1.82, 2.24) is 9.55 Å². The minimum Gasteiger partial charge on any atom is -0.457 e. The summed E-state index contributed by atoms with van der Waals surface area (Å²) in [6.07, 6.45) is 0. The van der Waals surface area contributed by atoms with Gasteiger partial charge in [-0.25, -0.2) is 4.79 Å². The van der Waals surface area contributed by atoms with E-state index in [-0.39, 0.29) is 36.8 Å². The summed E-state index contributed by atoms with van der Waals surface area (Å²) >= 11 is 0. The van der Waals surface area contributed by atoms with Gasteiger partial charge in [0.25, 0.3) is 11.5 Å². The number of aromatic nitrogens is 2. The Kier molecular flexibility index (Phi) is 7.62. The monoisotopic (exact) mass is 486 g/mol. The molecule has 1 aromatic heterocycles. The number of hydrogen-bond donors (Lipinski definition) is 2. The van der Waals surface area contributed by atoms with Gasteiger partial charge in [-0.15, -0.1) is 0 Å². The molecule has 0 spiro atoms. The molecule has 0 saturated heterocycles. The van der Waals surface area contributed by atoms with Gasteiger partial charge in [0.1, 0.15) is 17.3 Å². The van der Waals surface area contributed by atoms with E-state index in [2.05, 4.69) is 4.98 Å². The standard InChI is InChI=1S/C27H26N4O5/c1-35-16-15-30(26(33)20-11-8-14-22(17-20)36-21-12-6-3-7-13-21)23-24(28)31(27(34)29-25(23)32)18-19-9-4-2-5-10-19/h2-14,17H,15-16,18,28H2,1H3,(H,29,32,34). The van der Waals surface area contributed by atoms with E-state index in [0.717, 1.165) is 5.56 Å². The first-order valence-corrected chi connectivity index (χ1v) is 11.3. The Bertz CT molecular complexity index is 1450. The molecule has 0 atom stereocenters. The number of ether oxygens (including phenoxy) is 2. The minimum absolute atomic E-state index is 0.0376. The van der Waals surface area contributed by atoms with Crippen molar-refractivity contribution in [2.75, 3.05) is 30.9 Å². The van der Waals surface area contributed by atoms with Gasteiger partial charge in [0.15, 0.2) is 5.69 Å². The molecule has 0 radical (unpaired) electrons. The SMILES string of the molecule is COCCN(C(=O)c1cccc(Oc2ccccc2)c1)c1c(N)n(Cc2ccccc2)c(=O)[nH]c1=O. The number of rotatable bonds is 9. The third-order valence-electron chi connectivity index (χ3n) is 5.49. The summed E-state index contributed by atoms with van der Waals surface area (Å²) in [5, 5.41) is 0. The molecule has 1 amide bonds. The molecule has 0 aliphatic heterocycles. The number of H-pyrrole nitrogens is 1. The van der Waals surface area contributed by atoms with E-state index in [9.17, 15) is 14.4 Å². The number of nitrogen functional groups attached to an aromatic ring is 1. The number of para-hydroxylation sites is 1. The minimum atomic E-state index is -0.761. The van der Waals surface area contributed by atoms with E-state index >= 15 is 0 Å². The molecule has 4 rings (SSSR count). The Morgan fingerprint density at radius 1 is 0.944 bits per heavy atom. The number of nitrogens with two attached hydrogens (primary N) is 1. The van der Waals surface area contributed by atoms with Gasteiger partial charge >= 0.3 is 5.69 Å². The summed E-state index contributed by atoms with van der Waals surface area (Å²) in [5.41, 5.74) is 5.88. The van der Waals surface area contributed by atoms with Gasteiger partial charge in [-0.3, -0.25) is 24.0 Å². The fraction of sp³-hybridized carbons (Fsp3) is 0.148. The average molecular weight is 487 g/mol. The number of aromatic amines is 1. The number of nitrogens with one attached hydrogen (secondary N) is 1. The van der Waals surface area contributed by atoms with Gasteiger partial charge in [0.05, 0.1) is 13.2 Å². The second kappa shape index (κ2) is 11.2. The molecule has 0 bridgehead atoms. The third kappa shape index (κ3) is 5.53. The summed E-state index contributed by atoms with van der Waals surface area (Å²) < 4.78 is 12.3. The first-order chi connectivity index (χ1) is 17.5. The molecule has 9 heteroatoms. The maximum atomic E-state index is 13.6. The van der Waals surface area contributed by atoms with Crippen LogP contribution in [0.1, 0.15) is 15.9 Å². The lowest BCUT2D eigenvalue weighted by atomic mass is 10.1. The summed E-state index contributed by atoms with van der Waals surface area (Å²) in [5.74, 6) is 0.461. The van der Waals surface area contributed by atoms with Gasteiger partial charge in [-0.1, -0.05) is 54.6 Å².